The van der Waals surface area contributed by atoms with Crippen molar-refractivity contribution in [2.75, 3.05) is 17.1 Å². The highest BCUT2D eigenvalue weighted by Crippen LogP contribution is 2.20. The van der Waals surface area contributed by atoms with Crippen LogP contribution in [0.2, 0.25) is 5.02 Å². The van der Waals surface area contributed by atoms with Crippen LogP contribution in [0.25, 0.3) is 0 Å². The number of carbonyl (C=O) groups excluding carboxylic acids is 2. The molecule has 0 aromatic heterocycles. The molecule has 35 heavy (non-hydrogen) atoms. The molecule has 2 aromatic carbocycles. The summed E-state index contributed by atoms with van der Waals surface area (Å²) in [4.78, 5) is 27.6. The number of amides is 2. The van der Waals surface area contributed by atoms with E-state index in [1.807, 2.05) is 26.8 Å². The molecule has 0 aliphatic carbocycles. The van der Waals surface area contributed by atoms with Gasteiger partial charge in [0.05, 0.1) is 11.9 Å². The van der Waals surface area contributed by atoms with Crippen LogP contribution in [0.15, 0.2) is 48.5 Å². The fourth-order valence-corrected chi connectivity index (χ4v) is 4.68. The van der Waals surface area contributed by atoms with Crippen LogP contribution in [0.3, 0.4) is 0 Å². The van der Waals surface area contributed by atoms with Crippen LogP contribution in [-0.2, 0) is 26.2 Å². The smallest absolute Gasteiger partial charge is 0.242 e. The molecule has 0 radical (unpaired) electrons. The van der Waals surface area contributed by atoms with Crippen molar-refractivity contribution in [2.45, 2.75) is 58.7 Å². The van der Waals surface area contributed by atoms with E-state index in [4.69, 9.17) is 11.6 Å². The van der Waals surface area contributed by atoms with Gasteiger partial charge in [-0.15, -0.1) is 0 Å². The van der Waals surface area contributed by atoms with Gasteiger partial charge in [-0.3, -0.25) is 13.9 Å². The minimum atomic E-state index is -3.65. The zero-order valence-corrected chi connectivity index (χ0v) is 22.3. The Morgan fingerprint density at radius 1 is 1.11 bits per heavy atom. The molecule has 0 saturated heterocycles. The molecule has 192 valence electrons. The van der Waals surface area contributed by atoms with E-state index >= 15 is 0 Å². The van der Waals surface area contributed by atoms with Gasteiger partial charge in [-0.25, -0.2) is 12.8 Å². The fraction of sp³-hybridized carbons (Fsp3) is 0.440. The van der Waals surface area contributed by atoms with E-state index in [0.29, 0.717) is 10.7 Å². The first-order valence-electron chi connectivity index (χ1n) is 11.3. The molecule has 0 aliphatic heterocycles. The van der Waals surface area contributed by atoms with Crippen LogP contribution in [0.4, 0.5) is 10.1 Å². The molecule has 1 unspecified atom stereocenters. The first-order valence-corrected chi connectivity index (χ1v) is 13.5. The van der Waals surface area contributed by atoms with Crippen LogP contribution in [0.5, 0.6) is 0 Å². The number of nitrogens with zero attached hydrogens (tertiary/aromatic N) is 2. The maximum atomic E-state index is 13.3. The van der Waals surface area contributed by atoms with Gasteiger partial charge in [0.25, 0.3) is 0 Å². The quantitative estimate of drug-likeness (QED) is 0.499. The molecular formula is C25H33ClFN3O4S. The molecule has 2 aromatic rings. The zero-order valence-electron chi connectivity index (χ0n) is 20.7. The molecule has 10 heteroatoms. The second kappa shape index (κ2) is 11.9. The molecule has 2 rings (SSSR count). The van der Waals surface area contributed by atoms with Crippen LogP contribution >= 0.6 is 11.6 Å². The van der Waals surface area contributed by atoms with E-state index in [-0.39, 0.29) is 37.7 Å². The van der Waals surface area contributed by atoms with E-state index in [1.165, 1.54) is 29.2 Å². The minimum absolute atomic E-state index is 0.0148. The minimum Gasteiger partial charge on any atom is -0.350 e. The number of benzene rings is 2. The summed E-state index contributed by atoms with van der Waals surface area (Å²) in [6, 6.07) is 11.4. The van der Waals surface area contributed by atoms with Crippen molar-refractivity contribution in [3.63, 3.8) is 0 Å². The van der Waals surface area contributed by atoms with E-state index in [1.54, 1.807) is 25.1 Å². The molecule has 0 heterocycles. The maximum absolute atomic E-state index is 13.3. The number of anilines is 1. The zero-order chi connectivity index (χ0) is 26.4. The van der Waals surface area contributed by atoms with E-state index in [9.17, 15) is 22.4 Å². The highest BCUT2D eigenvalue weighted by molar-refractivity contribution is 7.92. The Hall–Kier alpha value is -2.65. The van der Waals surface area contributed by atoms with Crippen molar-refractivity contribution in [1.82, 2.24) is 10.2 Å². The van der Waals surface area contributed by atoms with Gasteiger partial charge in [0.15, 0.2) is 0 Å². The molecule has 0 spiro atoms. The summed E-state index contributed by atoms with van der Waals surface area (Å²) in [5.74, 6) is -1.07. The summed E-state index contributed by atoms with van der Waals surface area (Å²) in [7, 11) is -3.65. The summed E-state index contributed by atoms with van der Waals surface area (Å²) in [6.07, 6.45) is 1.28. The summed E-state index contributed by atoms with van der Waals surface area (Å²) in [5, 5.41) is 3.41. The molecular weight excluding hydrogens is 493 g/mol. The first-order chi connectivity index (χ1) is 16.2. The van der Waals surface area contributed by atoms with E-state index in [2.05, 4.69) is 5.32 Å². The largest absolute Gasteiger partial charge is 0.350 e. The number of sulfonamides is 1. The van der Waals surface area contributed by atoms with E-state index in [0.717, 1.165) is 16.1 Å². The van der Waals surface area contributed by atoms with Crippen molar-refractivity contribution in [3.05, 3.63) is 64.9 Å². The average Bonchev–Trinajstić information content (AvgIpc) is 2.73. The third-order valence-electron chi connectivity index (χ3n) is 5.17. The number of halogens is 2. The molecule has 0 fully saturated rings. The second-order valence-corrected chi connectivity index (χ2v) is 11.8. The van der Waals surface area contributed by atoms with Gasteiger partial charge in [0.2, 0.25) is 21.8 Å². The Morgan fingerprint density at radius 2 is 1.74 bits per heavy atom. The Balaban J connectivity index is 2.18. The van der Waals surface area contributed by atoms with E-state index < -0.39 is 27.4 Å². The topological polar surface area (TPSA) is 86.8 Å². The number of nitrogens with one attached hydrogen (secondary N) is 1. The monoisotopic (exact) mass is 525 g/mol. The number of carbonyl (C=O) groups is 2. The first kappa shape index (κ1) is 28.6. The van der Waals surface area contributed by atoms with Crippen LogP contribution in [-0.4, -0.2) is 49.5 Å². The highest BCUT2D eigenvalue weighted by atomic mass is 35.5. The Kier molecular flexibility index (Phi) is 9.68. The molecule has 1 atom stereocenters. The normalized spacial score (nSPS) is 12.7. The van der Waals surface area contributed by atoms with Gasteiger partial charge in [0, 0.05) is 30.1 Å². The van der Waals surface area contributed by atoms with Crippen molar-refractivity contribution < 1.29 is 22.4 Å². The summed E-state index contributed by atoms with van der Waals surface area (Å²) in [5.41, 5.74) is 0.613. The van der Waals surface area contributed by atoms with Gasteiger partial charge in [0.1, 0.15) is 11.9 Å². The lowest BCUT2D eigenvalue weighted by Gasteiger charge is -2.32. The van der Waals surface area contributed by atoms with Gasteiger partial charge in [-0.1, -0.05) is 23.7 Å². The van der Waals surface area contributed by atoms with Crippen molar-refractivity contribution in [2.24, 2.45) is 0 Å². The molecule has 0 aliphatic rings. The summed E-state index contributed by atoms with van der Waals surface area (Å²) < 4.78 is 39.0. The molecule has 2 amide bonds. The Morgan fingerprint density at radius 3 is 2.29 bits per heavy atom. The molecule has 1 N–H and O–H groups in total. The lowest BCUT2D eigenvalue weighted by Crippen LogP contribution is -2.52. The number of hydrogen-bond acceptors (Lipinski definition) is 4. The van der Waals surface area contributed by atoms with Gasteiger partial charge in [-0.05, 0) is 76.1 Å². The second-order valence-electron chi connectivity index (χ2n) is 9.48. The SMILES string of the molecule is CC(C(=O)NC(C)(C)C)N(Cc1cccc(Cl)c1)C(=O)CCCN(c1ccc(F)cc1)S(C)(=O)=O. The van der Waals surface area contributed by atoms with Crippen molar-refractivity contribution in [1.29, 1.82) is 0 Å². The predicted octanol–water partition coefficient (Wildman–Crippen LogP) is 4.36. The molecule has 0 saturated carbocycles. The highest BCUT2D eigenvalue weighted by Gasteiger charge is 2.28. The lowest BCUT2D eigenvalue weighted by molar-refractivity contribution is -0.141. The maximum Gasteiger partial charge on any atom is 0.242 e. The predicted molar refractivity (Wildman–Crippen MR) is 137 cm³/mol. The van der Waals surface area contributed by atoms with Crippen LogP contribution < -0.4 is 9.62 Å². The standard InChI is InChI=1S/C25H33ClFN3O4S/c1-18(24(32)28-25(2,3)4)29(17-19-8-6-9-20(26)16-19)23(31)10-7-15-30(35(5,33)34)22-13-11-21(27)12-14-22/h6,8-9,11-14,16,18H,7,10,15,17H2,1-5H3,(H,28,32). The Labute approximate surface area is 212 Å². The summed E-state index contributed by atoms with van der Waals surface area (Å²) >= 11 is 6.10. The van der Waals surface area contributed by atoms with Gasteiger partial charge in [-0.2, -0.15) is 0 Å². The summed E-state index contributed by atoms with van der Waals surface area (Å²) in [6.45, 7) is 7.43. The van der Waals surface area contributed by atoms with Gasteiger partial charge >= 0.3 is 0 Å². The van der Waals surface area contributed by atoms with Crippen LogP contribution in [0.1, 0.15) is 46.1 Å². The number of rotatable bonds is 10. The fourth-order valence-electron chi connectivity index (χ4n) is 3.50. The number of hydrogen-bond donors (Lipinski definition) is 1. The van der Waals surface area contributed by atoms with Crippen molar-refractivity contribution in [3.8, 4) is 0 Å². The lowest BCUT2D eigenvalue weighted by atomic mass is 10.1. The van der Waals surface area contributed by atoms with Crippen LogP contribution in [0, 0.1) is 5.82 Å². The third-order valence-corrected chi connectivity index (χ3v) is 6.60. The van der Waals surface area contributed by atoms with Crippen molar-refractivity contribution >= 4 is 39.1 Å². The Bertz CT molecular complexity index is 1130. The average molecular weight is 526 g/mol. The van der Waals surface area contributed by atoms with Gasteiger partial charge < -0.3 is 10.2 Å². The molecule has 0 bridgehead atoms. The molecule has 7 nitrogen and oxygen atoms in total. The third kappa shape index (κ3) is 9.14.